The van der Waals surface area contributed by atoms with Crippen LogP contribution in [-0.4, -0.2) is 36.0 Å². The van der Waals surface area contributed by atoms with Crippen molar-refractivity contribution < 1.29 is 9.32 Å². The van der Waals surface area contributed by atoms with Crippen LogP contribution in [0.4, 0.5) is 0 Å². The molecular weight excluding hydrogens is 390 g/mol. The van der Waals surface area contributed by atoms with Crippen molar-refractivity contribution in [2.24, 2.45) is 5.92 Å². The molecule has 9 nitrogen and oxygen atoms in total. The van der Waals surface area contributed by atoms with Gasteiger partial charge in [0.15, 0.2) is 10.8 Å². The van der Waals surface area contributed by atoms with Gasteiger partial charge in [0.1, 0.15) is 11.7 Å². The van der Waals surface area contributed by atoms with Gasteiger partial charge in [-0.1, -0.05) is 19.0 Å². The summed E-state index contributed by atoms with van der Waals surface area (Å²) in [5, 5.41) is 9.19. The topological polar surface area (TPSA) is 120 Å². The second-order valence-electron chi connectivity index (χ2n) is 6.50. The van der Waals surface area contributed by atoms with Crippen molar-refractivity contribution in [2.75, 3.05) is 0 Å². The molecule has 4 rings (SSSR count). The number of amides is 1. The van der Waals surface area contributed by atoms with E-state index in [1.807, 2.05) is 19.9 Å². The van der Waals surface area contributed by atoms with E-state index >= 15 is 0 Å². The maximum absolute atomic E-state index is 12.7. The highest BCUT2D eigenvalue weighted by Gasteiger charge is 2.26. The van der Waals surface area contributed by atoms with Gasteiger partial charge in [0, 0.05) is 35.7 Å². The van der Waals surface area contributed by atoms with Crippen LogP contribution in [0.25, 0.3) is 22.2 Å². The second-order valence-corrected chi connectivity index (χ2v) is 7.36. The lowest BCUT2D eigenvalue weighted by Crippen LogP contribution is -2.32. The molecular formula is C19H17N7O2S. The molecule has 1 atom stereocenters. The van der Waals surface area contributed by atoms with Crippen molar-refractivity contribution in [2.45, 2.75) is 19.9 Å². The third-order valence-electron chi connectivity index (χ3n) is 4.07. The molecule has 4 heterocycles. The summed E-state index contributed by atoms with van der Waals surface area (Å²) < 4.78 is 5.41. The minimum Gasteiger partial charge on any atom is -0.339 e. The first kappa shape index (κ1) is 18.8. The molecule has 0 aromatic carbocycles. The smallest absolute Gasteiger partial charge is 0.271 e. The van der Waals surface area contributed by atoms with Crippen LogP contribution in [0.15, 0.2) is 52.9 Å². The molecule has 0 aliphatic carbocycles. The Balaban J connectivity index is 1.53. The maximum Gasteiger partial charge on any atom is 0.271 e. The van der Waals surface area contributed by atoms with E-state index in [1.165, 1.54) is 11.3 Å². The second kappa shape index (κ2) is 8.23. The Bertz CT molecular complexity index is 1100. The van der Waals surface area contributed by atoms with E-state index in [0.717, 1.165) is 5.56 Å². The van der Waals surface area contributed by atoms with E-state index in [9.17, 15) is 4.79 Å². The van der Waals surface area contributed by atoms with E-state index in [2.05, 4.69) is 35.4 Å². The number of thiazole rings is 1. The maximum atomic E-state index is 12.7. The zero-order chi connectivity index (χ0) is 20.2. The van der Waals surface area contributed by atoms with Gasteiger partial charge in [-0.15, -0.1) is 11.3 Å². The number of nitrogens with one attached hydrogen (secondary N) is 1. The molecule has 1 N–H and O–H groups in total. The van der Waals surface area contributed by atoms with Gasteiger partial charge in [-0.3, -0.25) is 9.78 Å². The van der Waals surface area contributed by atoms with Crippen molar-refractivity contribution >= 4 is 17.2 Å². The number of carbonyl (C=O) groups is 1. The molecule has 0 fully saturated rings. The highest BCUT2D eigenvalue weighted by Crippen LogP contribution is 2.25. The van der Waals surface area contributed by atoms with Gasteiger partial charge in [0.25, 0.3) is 5.91 Å². The van der Waals surface area contributed by atoms with E-state index in [0.29, 0.717) is 22.5 Å². The predicted molar refractivity (Wildman–Crippen MR) is 106 cm³/mol. The fraction of sp³-hybridized carbons (Fsp3) is 0.211. The van der Waals surface area contributed by atoms with Crippen molar-refractivity contribution in [3.63, 3.8) is 0 Å². The van der Waals surface area contributed by atoms with Crippen LogP contribution in [-0.2, 0) is 0 Å². The van der Waals surface area contributed by atoms with Gasteiger partial charge >= 0.3 is 0 Å². The van der Waals surface area contributed by atoms with E-state index in [1.54, 1.807) is 42.3 Å². The van der Waals surface area contributed by atoms with Gasteiger partial charge in [0.05, 0.1) is 0 Å². The Hall–Kier alpha value is -3.53. The molecule has 0 aliphatic heterocycles. The first-order chi connectivity index (χ1) is 14.1. The van der Waals surface area contributed by atoms with Crippen LogP contribution >= 0.6 is 11.3 Å². The lowest BCUT2D eigenvalue weighted by Gasteiger charge is -2.17. The van der Waals surface area contributed by atoms with Crippen LogP contribution in [0.3, 0.4) is 0 Å². The molecule has 0 spiro atoms. The molecule has 4 aromatic rings. The van der Waals surface area contributed by atoms with Crippen LogP contribution < -0.4 is 5.32 Å². The van der Waals surface area contributed by atoms with Gasteiger partial charge < -0.3 is 9.84 Å². The summed E-state index contributed by atoms with van der Waals surface area (Å²) in [5.41, 5.74) is 1.03. The molecule has 0 aliphatic rings. The van der Waals surface area contributed by atoms with Crippen LogP contribution in [0.2, 0.25) is 0 Å². The van der Waals surface area contributed by atoms with E-state index < -0.39 is 6.04 Å². The van der Waals surface area contributed by atoms with Crippen LogP contribution in [0, 0.1) is 5.92 Å². The summed E-state index contributed by atoms with van der Waals surface area (Å²) >= 11 is 1.31. The molecule has 146 valence electrons. The molecule has 0 saturated heterocycles. The highest BCUT2D eigenvalue weighted by molar-refractivity contribution is 7.13. The third kappa shape index (κ3) is 4.16. The van der Waals surface area contributed by atoms with Crippen LogP contribution in [0.1, 0.15) is 36.3 Å². The number of rotatable bonds is 6. The molecule has 0 bridgehead atoms. The molecule has 4 aromatic heterocycles. The minimum absolute atomic E-state index is 0.0247. The van der Waals surface area contributed by atoms with Crippen molar-refractivity contribution in [1.29, 1.82) is 0 Å². The highest BCUT2D eigenvalue weighted by atomic mass is 32.1. The first-order valence-corrected chi connectivity index (χ1v) is 9.77. The van der Waals surface area contributed by atoms with Crippen molar-refractivity contribution in [3.8, 4) is 22.2 Å². The van der Waals surface area contributed by atoms with Crippen LogP contribution in [0.5, 0.6) is 0 Å². The number of aromatic nitrogens is 6. The lowest BCUT2D eigenvalue weighted by molar-refractivity contribution is 0.0909. The van der Waals surface area contributed by atoms with Crippen molar-refractivity contribution in [1.82, 2.24) is 35.4 Å². The summed E-state index contributed by atoms with van der Waals surface area (Å²) in [6.45, 7) is 3.92. The minimum atomic E-state index is -0.460. The number of carbonyl (C=O) groups excluding carboxylic acids is 1. The molecule has 29 heavy (non-hydrogen) atoms. The average Bonchev–Trinajstić information content (AvgIpc) is 3.43. The molecule has 0 saturated carbocycles. The summed E-state index contributed by atoms with van der Waals surface area (Å²) in [7, 11) is 0. The van der Waals surface area contributed by atoms with Gasteiger partial charge in [0.2, 0.25) is 11.7 Å². The number of pyridine rings is 1. The number of nitrogens with zero attached hydrogens (tertiary/aromatic N) is 6. The zero-order valence-corrected chi connectivity index (χ0v) is 16.5. The zero-order valence-electron chi connectivity index (χ0n) is 15.7. The number of hydrogen-bond acceptors (Lipinski definition) is 9. The van der Waals surface area contributed by atoms with Gasteiger partial charge in [-0.05, 0) is 24.1 Å². The summed E-state index contributed by atoms with van der Waals surface area (Å²) in [6, 6.07) is 4.90. The Morgan fingerprint density at radius 1 is 1.10 bits per heavy atom. The average molecular weight is 407 g/mol. The molecule has 10 heteroatoms. The SMILES string of the molecule is CC(C)C(NC(=O)c1csc(-c2ncccn2)n1)c1nc(-c2cccnc2)no1. The fourth-order valence-electron chi connectivity index (χ4n) is 2.59. The molecule has 0 radical (unpaired) electrons. The predicted octanol–water partition coefficient (Wildman–Crippen LogP) is 3.17. The van der Waals surface area contributed by atoms with Gasteiger partial charge in [-0.2, -0.15) is 4.98 Å². The summed E-state index contributed by atoms with van der Waals surface area (Å²) in [4.78, 5) is 33.9. The lowest BCUT2D eigenvalue weighted by atomic mass is 10.0. The number of hydrogen-bond donors (Lipinski definition) is 1. The standard InChI is InChI=1S/C19H17N7O2S/c1-11(2)14(18-25-15(26-28-18)12-5-3-6-20-9-12)24-17(27)13-10-29-19(23-13)16-21-7-4-8-22-16/h3-11,14H,1-2H3,(H,24,27). The quantitative estimate of drug-likeness (QED) is 0.517. The summed E-state index contributed by atoms with van der Waals surface area (Å²) in [5.74, 6) is 0.925. The summed E-state index contributed by atoms with van der Waals surface area (Å²) in [6.07, 6.45) is 6.59. The van der Waals surface area contributed by atoms with E-state index in [4.69, 9.17) is 4.52 Å². The Kier molecular flexibility index (Phi) is 5.34. The Labute approximate surface area is 170 Å². The Morgan fingerprint density at radius 3 is 2.66 bits per heavy atom. The first-order valence-electron chi connectivity index (χ1n) is 8.89. The van der Waals surface area contributed by atoms with E-state index in [-0.39, 0.29) is 17.5 Å². The largest absolute Gasteiger partial charge is 0.339 e. The third-order valence-corrected chi connectivity index (χ3v) is 4.91. The Morgan fingerprint density at radius 2 is 1.93 bits per heavy atom. The van der Waals surface area contributed by atoms with Gasteiger partial charge in [-0.25, -0.2) is 15.0 Å². The monoisotopic (exact) mass is 407 g/mol. The fourth-order valence-corrected chi connectivity index (χ4v) is 3.34. The normalized spacial score (nSPS) is 12.1. The molecule has 1 amide bonds. The molecule has 1 unspecified atom stereocenters. The van der Waals surface area contributed by atoms with Crippen molar-refractivity contribution in [3.05, 3.63) is 60.0 Å².